The summed E-state index contributed by atoms with van der Waals surface area (Å²) >= 11 is 3.34. The average Bonchev–Trinajstić information content (AvgIpc) is 3.03. The first-order valence-corrected chi connectivity index (χ1v) is 7.42. The molecule has 1 aromatic heterocycles. The Labute approximate surface area is 139 Å². The Bertz CT molecular complexity index is 816. The van der Waals surface area contributed by atoms with Gasteiger partial charge in [0.15, 0.2) is 6.61 Å². The minimum Gasteiger partial charge on any atom is -0.452 e. The van der Waals surface area contributed by atoms with Gasteiger partial charge in [0.25, 0.3) is 5.89 Å². The first-order chi connectivity index (χ1) is 11.1. The maximum absolute atomic E-state index is 12.8. The lowest BCUT2D eigenvalue weighted by Crippen LogP contribution is -2.05. The number of hydrogen-bond donors (Lipinski definition) is 0. The lowest BCUT2D eigenvalue weighted by atomic mass is 10.2. The van der Waals surface area contributed by atoms with Gasteiger partial charge in [0.2, 0.25) is 5.89 Å². The van der Waals surface area contributed by atoms with Gasteiger partial charge in [0, 0.05) is 10.0 Å². The van der Waals surface area contributed by atoms with Gasteiger partial charge in [-0.05, 0) is 48.5 Å². The maximum atomic E-state index is 12.8. The zero-order valence-corrected chi connectivity index (χ0v) is 13.3. The van der Waals surface area contributed by atoms with Crippen molar-refractivity contribution in [3.8, 4) is 11.5 Å². The Morgan fingerprint density at radius 1 is 1.09 bits per heavy atom. The molecule has 0 bridgehead atoms. The van der Waals surface area contributed by atoms with Crippen molar-refractivity contribution in [3.05, 3.63) is 70.3 Å². The number of ether oxygens (including phenoxy) is 1. The molecule has 0 spiro atoms. The van der Waals surface area contributed by atoms with Gasteiger partial charge in [-0.3, -0.25) is 0 Å². The van der Waals surface area contributed by atoms with Gasteiger partial charge in [-0.2, -0.15) is 0 Å². The molecule has 0 aliphatic rings. The third kappa shape index (κ3) is 3.81. The number of hydrogen-bond acceptors (Lipinski definition) is 5. The van der Waals surface area contributed by atoms with Crippen LogP contribution in [-0.2, 0) is 11.3 Å². The van der Waals surface area contributed by atoms with E-state index in [1.54, 1.807) is 0 Å². The molecule has 7 heteroatoms. The van der Waals surface area contributed by atoms with Gasteiger partial charge in [0.1, 0.15) is 5.82 Å². The summed E-state index contributed by atoms with van der Waals surface area (Å²) in [5.41, 5.74) is 1.01. The summed E-state index contributed by atoms with van der Waals surface area (Å²) in [7, 11) is 0. The maximum Gasteiger partial charge on any atom is 0.338 e. The standard InChI is InChI=1S/C16H10BrFN2O3/c17-12-5-1-10(2-6-12)15-20-19-14(23-15)9-22-16(21)11-3-7-13(18)8-4-11/h1-8H,9H2. The zero-order chi connectivity index (χ0) is 16.2. The van der Waals surface area contributed by atoms with E-state index < -0.39 is 11.8 Å². The molecular formula is C16H10BrFN2O3. The number of nitrogens with zero attached hydrogens (tertiary/aromatic N) is 2. The lowest BCUT2D eigenvalue weighted by Gasteiger charge is -2.01. The van der Waals surface area contributed by atoms with Crippen LogP contribution >= 0.6 is 15.9 Å². The Hall–Kier alpha value is -2.54. The normalized spacial score (nSPS) is 10.5. The molecule has 0 amide bonds. The van der Waals surface area contributed by atoms with Gasteiger partial charge in [-0.25, -0.2) is 9.18 Å². The molecule has 0 saturated heterocycles. The third-order valence-corrected chi connectivity index (χ3v) is 3.49. The molecule has 3 aromatic rings. The summed E-state index contributed by atoms with van der Waals surface area (Å²) < 4.78 is 24.2. The summed E-state index contributed by atoms with van der Waals surface area (Å²) in [4.78, 5) is 11.8. The SMILES string of the molecule is O=C(OCc1nnc(-c2ccc(Br)cc2)o1)c1ccc(F)cc1. The van der Waals surface area contributed by atoms with Crippen molar-refractivity contribution in [2.24, 2.45) is 0 Å². The lowest BCUT2D eigenvalue weighted by molar-refractivity contribution is 0.0438. The van der Waals surface area contributed by atoms with E-state index in [2.05, 4.69) is 26.1 Å². The number of esters is 1. The summed E-state index contributed by atoms with van der Waals surface area (Å²) in [6, 6.07) is 12.4. The number of carbonyl (C=O) groups is 1. The van der Waals surface area contributed by atoms with Crippen LogP contribution in [0.25, 0.3) is 11.5 Å². The largest absolute Gasteiger partial charge is 0.452 e. The van der Waals surface area contributed by atoms with Crippen molar-refractivity contribution in [1.29, 1.82) is 0 Å². The predicted octanol–water partition coefficient (Wildman–Crippen LogP) is 4.00. The fraction of sp³-hybridized carbons (Fsp3) is 0.0625. The van der Waals surface area contributed by atoms with Crippen LogP contribution in [0.3, 0.4) is 0 Å². The quantitative estimate of drug-likeness (QED) is 0.644. The molecule has 0 N–H and O–H groups in total. The highest BCUT2D eigenvalue weighted by Crippen LogP contribution is 2.20. The molecule has 23 heavy (non-hydrogen) atoms. The fourth-order valence-electron chi connectivity index (χ4n) is 1.82. The Morgan fingerprint density at radius 3 is 2.48 bits per heavy atom. The highest BCUT2D eigenvalue weighted by Gasteiger charge is 2.12. The molecule has 1 heterocycles. The zero-order valence-electron chi connectivity index (χ0n) is 11.7. The van der Waals surface area contributed by atoms with Crippen molar-refractivity contribution in [2.45, 2.75) is 6.61 Å². The number of aromatic nitrogens is 2. The second-order valence-electron chi connectivity index (χ2n) is 4.59. The second kappa shape index (κ2) is 6.70. The van der Waals surface area contributed by atoms with Gasteiger partial charge in [-0.1, -0.05) is 15.9 Å². The van der Waals surface area contributed by atoms with E-state index in [4.69, 9.17) is 9.15 Å². The van der Waals surface area contributed by atoms with Crippen molar-refractivity contribution in [2.75, 3.05) is 0 Å². The van der Waals surface area contributed by atoms with Gasteiger partial charge < -0.3 is 9.15 Å². The van der Waals surface area contributed by atoms with Crippen molar-refractivity contribution < 1.29 is 18.3 Å². The number of halogens is 2. The smallest absolute Gasteiger partial charge is 0.338 e. The number of benzene rings is 2. The van der Waals surface area contributed by atoms with Gasteiger partial charge >= 0.3 is 5.97 Å². The van der Waals surface area contributed by atoms with Crippen molar-refractivity contribution in [1.82, 2.24) is 10.2 Å². The van der Waals surface area contributed by atoms with E-state index in [1.807, 2.05) is 24.3 Å². The van der Waals surface area contributed by atoms with E-state index in [1.165, 1.54) is 24.3 Å². The van der Waals surface area contributed by atoms with Crippen LogP contribution in [0.5, 0.6) is 0 Å². The monoisotopic (exact) mass is 376 g/mol. The molecule has 0 unspecified atom stereocenters. The van der Waals surface area contributed by atoms with E-state index in [-0.39, 0.29) is 18.1 Å². The van der Waals surface area contributed by atoms with Crippen LogP contribution in [-0.4, -0.2) is 16.2 Å². The number of rotatable bonds is 4. The van der Waals surface area contributed by atoms with E-state index in [0.29, 0.717) is 5.89 Å². The fourth-order valence-corrected chi connectivity index (χ4v) is 2.08. The molecule has 2 aromatic carbocycles. The highest BCUT2D eigenvalue weighted by atomic mass is 79.9. The summed E-state index contributed by atoms with van der Waals surface area (Å²) in [5, 5.41) is 7.73. The highest BCUT2D eigenvalue weighted by molar-refractivity contribution is 9.10. The predicted molar refractivity (Wildman–Crippen MR) is 83.0 cm³/mol. The first kappa shape index (κ1) is 15.4. The molecule has 3 rings (SSSR count). The molecule has 0 fully saturated rings. The first-order valence-electron chi connectivity index (χ1n) is 6.63. The summed E-state index contributed by atoms with van der Waals surface area (Å²) in [5.74, 6) is -0.491. The van der Waals surface area contributed by atoms with Crippen LogP contribution in [0.15, 0.2) is 57.4 Å². The van der Waals surface area contributed by atoms with E-state index >= 15 is 0 Å². The summed E-state index contributed by atoms with van der Waals surface area (Å²) in [6.45, 7) is -0.153. The second-order valence-corrected chi connectivity index (χ2v) is 5.51. The van der Waals surface area contributed by atoms with Crippen LogP contribution in [0.1, 0.15) is 16.2 Å². The van der Waals surface area contributed by atoms with E-state index in [0.717, 1.165) is 10.0 Å². The molecular weight excluding hydrogens is 367 g/mol. The van der Waals surface area contributed by atoms with Crippen LogP contribution in [0.4, 0.5) is 4.39 Å². The van der Waals surface area contributed by atoms with Crippen LogP contribution in [0.2, 0.25) is 0 Å². The third-order valence-electron chi connectivity index (χ3n) is 2.96. The average molecular weight is 377 g/mol. The molecule has 0 saturated carbocycles. The molecule has 0 atom stereocenters. The molecule has 5 nitrogen and oxygen atoms in total. The Balaban J connectivity index is 1.64. The number of carbonyl (C=O) groups excluding carboxylic acids is 1. The van der Waals surface area contributed by atoms with Crippen molar-refractivity contribution in [3.63, 3.8) is 0 Å². The Kier molecular flexibility index (Phi) is 4.47. The van der Waals surface area contributed by atoms with E-state index in [9.17, 15) is 9.18 Å². The van der Waals surface area contributed by atoms with Crippen LogP contribution < -0.4 is 0 Å². The molecule has 0 aliphatic carbocycles. The van der Waals surface area contributed by atoms with Crippen LogP contribution in [0, 0.1) is 5.82 Å². The Morgan fingerprint density at radius 2 is 1.78 bits per heavy atom. The summed E-state index contributed by atoms with van der Waals surface area (Å²) in [6.07, 6.45) is 0. The minimum atomic E-state index is -0.589. The molecule has 0 aliphatic heterocycles. The van der Waals surface area contributed by atoms with Gasteiger partial charge in [0.05, 0.1) is 5.56 Å². The van der Waals surface area contributed by atoms with Gasteiger partial charge in [-0.15, -0.1) is 10.2 Å². The van der Waals surface area contributed by atoms with Crippen molar-refractivity contribution >= 4 is 21.9 Å². The molecule has 116 valence electrons. The minimum absolute atomic E-state index is 0.153. The molecule has 0 radical (unpaired) electrons. The topological polar surface area (TPSA) is 65.2 Å².